The van der Waals surface area contributed by atoms with Gasteiger partial charge in [0, 0.05) is 16.6 Å². The molecule has 1 unspecified atom stereocenters. The van der Waals surface area contributed by atoms with Gasteiger partial charge in [-0.1, -0.05) is 30.3 Å². The first-order chi connectivity index (χ1) is 11.2. The summed E-state index contributed by atoms with van der Waals surface area (Å²) in [7, 11) is 0. The fourth-order valence-electron chi connectivity index (χ4n) is 2.49. The van der Waals surface area contributed by atoms with Gasteiger partial charge in [0.2, 0.25) is 0 Å². The molecule has 0 aliphatic carbocycles. The highest BCUT2D eigenvalue weighted by atomic mass is 32.1. The Morgan fingerprint density at radius 1 is 1.30 bits per heavy atom. The lowest BCUT2D eigenvalue weighted by atomic mass is 10.2. The van der Waals surface area contributed by atoms with Crippen molar-refractivity contribution < 1.29 is 5.11 Å². The Morgan fingerprint density at radius 2 is 2.09 bits per heavy atom. The van der Waals surface area contributed by atoms with Crippen LogP contribution in [-0.2, 0) is 6.54 Å². The zero-order valence-corrected chi connectivity index (χ0v) is 14.0. The van der Waals surface area contributed by atoms with Crippen LogP contribution in [0.2, 0.25) is 0 Å². The number of hydrogen-bond acceptors (Lipinski definition) is 5. The summed E-state index contributed by atoms with van der Waals surface area (Å²) < 4.78 is 1.73. The van der Waals surface area contributed by atoms with E-state index in [0.717, 1.165) is 22.0 Å². The van der Waals surface area contributed by atoms with Crippen molar-refractivity contribution in [2.45, 2.75) is 26.4 Å². The van der Waals surface area contributed by atoms with Gasteiger partial charge < -0.3 is 10.4 Å². The lowest BCUT2D eigenvalue weighted by Crippen LogP contribution is -2.06. The van der Waals surface area contributed by atoms with Crippen LogP contribution in [0.1, 0.15) is 23.5 Å². The number of aromatic nitrogens is 3. The molecule has 2 aromatic heterocycles. The zero-order chi connectivity index (χ0) is 16.2. The number of benzene rings is 1. The Balaban J connectivity index is 1.76. The largest absolute Gasteiger partial charge is 0.394 e. The highest BCUT2D eigenvalue weighted by Gasteiger charge is 2.15. The summed E-state index contributed by atoms with van der Waals surface area (Å²) in [6.07, 6.45) is 3.68. The summed E-state index contributed by atoms with van der Waals surface area (Å²) in [4.78, 5) is 5.92. The van der Waals surface area contributed by atoms with Crippen LogP contribution in [-0.4, -0.2) is 26.5 Å². The molecule has 1 atom stereocenters. The maximum Gasteiger partial charge on any atom is 0.123 e. The van der Waals surface area contributed by atoms with Gasteiger partial charge in [0.25, 0.3) is 0 Å². The molecule has 0 fully saturated rings. The van der Waals surface area contributed by atoms with E-state index in [2.05, 4.69) is 29.5 Å². The van der Waals surface area contributed by atoms with Gasteiger partial charge in [0.15, 0.2) is 0 Å². The quantitative estimate of drug-likeness (QED) is 0.727. The molecular formula is C17H20N4OS. The Labute approximate surface area is 139 Å². The Bertz CT molecular complexity index is 766. The molecule has 0 aliphatic rings. The minimum Gasteiger partial charge on any atom is -0.394 e. The molecular weight excluding hydrogens is 308 g/mol. The summed E-state index contributed by atoms with van der Waals surface area (Å²) in [6, 6.07) is 10.4. The van der Waals surface area contributed by atoms with Crippen molar-refractivity contribution in [3.8, 4) is 10.6 Å². The van der Waals surface area contributed by atoms with Crippen molar-refractivity contribution in [1.82, 2.24) is 14.8 Å². The van der Waals surface area contributed by atoms with Gasteiger partial charge in [0.05, 0.1) is 36.8 Å². The summed E-state index contributed by atoms with van der Waals surface area (Å²) in [5.41, 5.74) is 3.14. The molecule has 0 aliphatic heterocycles. The first-order valence-corrected chi connectivity index (χ1v) is 8.41. The second-order valence-electron chi connectivity index (χ2n) is 5.42. The lowest BCUT2D eigenvalue weighted by molar-refractivity contribution is 0.269. The molecule has 0 spiro atoms. The van der Waals surface area contributed by atoms with E-state index >= 15 is 0 Å². The Hall–Kier alpha value is -2.18. The van der Waals surface area contributed by atoms with Crippen LogP contribution in [0.5, 0.6) is 0 Å². The molecule has 0 saturated carbocycles. The molecule has 0 bridgehead atoms. The van der Waals surface area contributed by atoms with Gasteiger partial charge in [-0.3, -0.25) is 4.68 Å². The van der Waals surface area contributed by atoms with Crippen LogP contribution < -0.4 is 5.32 Å². The minimum absolute atomic E-state index is 0.0884. The second-order valence-corrected chi connectivity index (χ2v) is 6.45. The summed E-state index contributed by atoms with van der Waals surface area (Å²) in [6.45, 7) is 4.77. The van der Waals surface area contributed by atoms with Crippen molar-refractivity contribution in [2.24, 2.45) is 0 Å². The summed E-state index contributed by atoms with van der Waals surface area (Å²) >= 11 is 1.72. The van der Waals surface area contributed by atoms with E-state index in [0.29, 0.717) is 6.54 Å². The Morgan fingerprint density at radius 3 is 2.83 bits per heavy atom. The summed E-state index contributed by atoms with van der Waals surface area (Å²) in [5.74, 6) is 0. The molecule has 0 radical (unpaired) electrons. The van der Waals surface area contributed by atoms with Crippen molar-refractivity contribution in [2.75, 3.05) is 11.9 Å². The molecule has 5 nitrogen and oxygen atoms in total. The fourth-order valence-corrected chi connectivity index (χ4v) is 3.57. The van der Waals surface area contributed by atoms with Crippen LogP contribution in [0.25, 0.3) is 10.6 Å². The van der Waals surface area contributed by atoms with Gasteiger partial charge >= 0.3 is 0 Å². The van der Waals surface area contributed by atoms with E-state index in [1.807, 2.05) is 31.3 Å². The van der Waals surface area contributed by atoms with Crippen LogP contribution >= 0.6 is 11.3 Å². The predicted molar refractivity (Wildman–Crippen MR) is 93.6 cm³/mol. The van der Waals surface area contributed by atoms with E-state index in [1.54, 1.807) is 22.2 Å². The molecule has 6 heteroatoms. The Kier molecular flexibility index (Phi) is 4.73. The second kappa shape index (κ2) is 6.93. The van der Waals surface area contributed by atoms with Gasteiger partial charge in [0.1, 0.15) is 5.01 Å². The van der Waals surface area contributed by atoms with Crippen molar-refractivity contribution >= 4 is 17.0 Å². The van der Waals surface area contributed by atoms with Crippen molar-refractivity contribution in [1.29, 1.82) is 0 Å². The lowest BCUT2D eigenvalue weighted by Gasteiger charge is -2.12. The molecule has 3 rings (SSSR count). The van der Waals surface area contributed by atoms with E-state index in [4.69, 9.17) is 10.1 Å². The number of nitrogens with zero attached hydrogens (tertiary/aromatic N) is 3. The number of nitrogens with one attached hydrogen (secondary N) is 1. The molecule has 0 amide bonds. The number of aliphatic hydroxyl groups is 1. The molecule has 23 heavy (non-hydrogen) atoms. The van der Waals surface area contributed by atoms with Crippen molar-refractivity contribution in [3.05, 3.63) is 53.3 Å². The first-order valence-electron chi connectivity index (χ1n) is 7.60. The summed E-state index contributed by atoms with van der Waals surface area (Å²) in [5, 5.41) is 17.7. The van der Waals surface area contributed by atoms with Crippen LogP contribution in [0, 0.1) is 6.92 Å². The molecule has 120 valence electrons. The smallest absolute Gasteiger partial charge is 0.123 e. The predicted octanol–water partition coefficient (Wildman–Crippen LogP) is 3.48. The topological polar surface area (TPSA) is 63.0 Å². The maximum atomic E-state index is 8.95. The third-order valence-corrected chi connectivity index (χ3v) is 4.98. The zero-order valence-electron chi connectivity index (χ0n) is 13.2. The van der Waals surface area contributed by atoms with Crippen LogP contribution in [0.4, 0.5) is 5.69 Å². The van der Waals surface area contributed by atoms with Crippen LogP contribution in [0.3, 0.4) is 0 Å². The highest BCUT2D eigenvalue weighted by Crippen LogP contribution is 2.33. The van der Waals surface area contributed by atoms with Gasteiger partial charge in [-0.2, -0.15) is 5.10 Å². The molecule has 3 aromatic rings. The highest BCUT2D eigenvalue weighted by molar-refractivity contribution is 7.15. The molecule has 2 N–H and O–H groups in total. The average Bonchev–Trinajstić information content (AvgIpc) is 3.15. The van der Waals surface area contributed by atoms with E-state index in [1.165, 1.54) is 4.88 Å². The molecule has 1 aromatic carbocycles. The average molecular weight is 328 g/mol. The minimum atomic E-state index is 0.0884. The standard InChI is InChI=1S/C17H20N4OS/c1-12(19-15-10-18-21(11-15)8-9-22)16-13(2)20-17(23-16)14-6-4-3-5-7-14/h3-7,10-12,19,22H,8-9H2,1-2H3. The van der Waals surface area contributed by atoms with Crippen molar-refractivity contribution in [3.63, 3.8) is 0 Å². The number of hydrogen-bond donors (Lipinski definition) is 2. The van der Waals surface area contributed by atoms with E-state index in [9.17, 15) is 0 Å². The van der Waals surface area contributed by atoms with E-state index in [-0.39, 0.29) is 12.6 Å². The first kappa shape index (κ1) is 15.7. The maximum absolute atomic E-state index is 8.95. The normalized spacial score (nSPS) is 12.3. The molecule has 2 heterocycles. The SMILES string of the molecule is Cc1nc(-c2ccccc2)sc1C(C)Nc1cnn(CCO)c1. The van der Waals surface area contributed by atoms with Gasteiger partial charge in [-0.25, -0.2) is 4.98 Å². The molecule has 0 saturated heterocycles. The third-order valence-electron chi connectivity index (χ3n) is 3.59. The number of aliphatic hydroxyl groups excluding tert-OH is 1. The van der Waals surface area contributed by atoms with Crippen LogP contribution in [0.15, 0.2) is 42.7 Å². The third kappa shape index (κ3) is 3.60. The van der Waals surface area contributed by atoms with Gasteiger partial charge in [-0.05, 0) is 13.8 Å². The number of thiazole rings is 1. The fraction of sp³-hybridized carbons (Fsp3) is 0.294. The number of rotatable bonds is 6. The van der Waals surface area contributed by atoms with E-state index < -0.39 is 0 Å². The van der Waals surface area contributed by atoms with Gasteiger partial charge in [-0.15, -0.1) is 11.3 Å². The monoisotopic (exact) mass is 328 g/mol. The number of aryl methyl sites for hydroxylation is 1. The number of anilines is 1.